The van der Waals surface area contributed by atoms with Gasteiger partial charge < -0.3 is 10.2 Å². The predicted octanol–water partition coefficient (Wildman–Crippen LogP) is 6.83. The molecule has 0 aliphatic heterocycles. The summed E-state index contributed by atoms with van der Waals surface area (Å²) in [7, 11) is -4.27. The summed E-state index contributed by atoms with van der Waals surface area (Å²) in [6, 6.07) is 15.8. The standard InChI is InChI=1S/C28H29Cl4N3O4S/c1-4-18(2)33-28(37)19(3)34(16-20-10-12-23(30)25(32)14-20)27(36)17-35(26-15-21(29)11-13-24(26)31)40(38,39)22-8-6-5-7-9-22/h5-15,18-19H,4,16-17H2,1-3H3,(H,33,37)/t18-,19-/m0/s1. The highest BCUT2D eigenvalue weighted by molar-refractivity contribution is 7.92. The SMILES string of the molecule is CC[C@H](C)NC(=O)[C@H](C)N(Cc1ccc(Cl)c(Cl)c1)C(=O)CN(c1cc(Cl)ccc1Cl)S(=O)(=O)c1ccccc1. The maximum atomic E-state index is 14.0. The number of sulfonamides is 1. The Morgan fingerprint density at radius 1 is 0.875 bits per heavy atom. The van der Waals surface area contributed by atoms with Crippen LogP contribution in [0.25, 0.3) is 0 Å². The van der Waals surface area contributed by atoms with E-state index < -0.39 is 28.5 Å². The second-order valence-corrected chi connectivity index (χ2v) is 12.7. The minimum absolute atomic E-state index is 0.0255. The van der Waals surface area contributed by atoms with Crippen LogP contribution in [-0.2, 0) is 26.2 Å². The number of rotatable bonds is 11. The van der Waals surface area contributed by atoms with Crippen molar-refractivity contribution in [1.29, 1.82) is 0 Å². The molecule has 0 saturated carbocycles. The van der Waals surface area contributed by atoms with Gasteiger partial charge in [0.1, 0.15) is 12.6 Å². The molecule has 2 amide bonds. The highest BCUT2D eigenvalue weighted by atomic mass is 35.5. The third-order valence-corrected chi connectivity index (χ3v) is 9.36. The van der Waals surface area contributed by atoms with Crippen LogP contribution in [0.3, 0.4) is 0 Å². The van der Waals surface area contributed by atoms with Crippen molar-refractivity contribution in [3.8, 4) is 0 Å². The fraction of sp³-hybridized carbons (Fsp3) is 0.286. The molecular weight excluding hydrogens is 616 g/mol. The van der Waals surface area contributed by atoms with E-state index in [0.29, 0.717) is 17.0 Å². The van der Waals surface area contributed by atoms with Crippen LogP contribution in [0.4, 0.5) is 5.69 Å². The molecule has 3 aromatic rings. The third kappa shape index (κ3) is 7.83. The summed E-state index contributed by atoms with van der Waals surface area (Å²) in [5.74, 6) is -1.03. The van der Waals surface area contributed by atoms with Crippen molar-refractivity contribution in [1.82, 2.24) is 10.2 Å². The van der Waals surface area contributed by atoms with E-state index >= 15 is 0 Å². The molecule has 0 heterocycles. The third-order valence-electron chi connectivity index (χ3n) is 6.29. The molecule has 7 nitrogen and oxygen atoms in total. The monoisotopic (exact) mass is 643 g/mol. The molecule has 12 heteroatoms. The van der Waals surface area contributed by atoms with Gasteiger partial charge in [-0.2, -0.15) is 0 Å². The van der Waals surface area contributed by atoms with E-state index in [1.165, 1.54) is 35.2 Å². The summed E-state index contributed by atoms with van der Waals surface area (Å²) in [5, 5.41) is 3.80. The molecule has 0 spiro atoms. The van der Waals surface area contributed by atoms with Gasteiger partial charge in [-0.25, -0.2) is 8.42 Å². The zero-order valence-corrected chi connectivity index (χ0v) is 25.9. The zero-order valence-electron chi connectivity index (χ0n) is 22.1. The van der Waals surface area contributed by atoms with Gasteiger partial charge in [-0.1, -0.05) is 77.6 Å². The normalized spacial score (nSPS) is 12.9. The first-order valence-electron chi connectivity index (χ1n) is 12.4. The summed E-state index contributed by atoms with van der Waals surface area (Å²) in [4.78, 5) is 28.3. The summed E-state index contributed by atoms with van der Waals surface area (Å²) in [5.41, 5.74) is 0.627. The Hall–Kier alpha value is -2.49. The zero-order chi connectivity index (χ0) is 29.6. The Morgan fingerprint density at radius 2 is 1.52 bits per heavy atom. The average Bonchev–Trinajstić information content (AvgIpc) is 2.93. The molecular formula is C28H29Cl4N3O4S. The van der Waals surface area contributed by atoms with Gasteiger partial charge in [0, 0.05) is 17.6 Å². The van der Waals surface area contributed by atoms with E-state index in [4.69, 9.17) is 46.4 Å². The van der Waals surface area contributed by atoms with Crippen LogP contribution in [0.2, 0.25) is 20.1 Å². The van der Waals surface area contributed by atoms with Gasteiger partial charge in [-0.15, -0.1) is 0 Å². The van der Waals surface area contributed by atoms with Gasteiger partial charge in [-0.3, -0.25) is 13.9 Å². The number of carbonyl (C=O) groups is 2. The first-order valence-corrected chi connectivity index (χ1v) is 15.4. The van der Waals surface area contributed by atoms with Crippen LogP contribution in [0, 0.1) is 0 Å². The summed E-state index contributed by atoms with van der Waals surface area (Å²) >= 11 is 24.9. The molecule has 0 unspecified atom stereocenters. The van der Waals surface area contributed by atoms with Crippen molar-refractivity contribution in [2.24, 2.45) is 0 Å². The van der Waals surface area contributed by atoms with Crippen LogP contribution in [-0.4, -0.2) is 43.8 Å². The molecule has 3 aromatic carbocycles. The second kappa shape index (κ2) is 13.9. The number of nitrogens with zero attached hydrogens (tertiary/aromatic N) is 2. The van der Waals surface area contributed by atoms with Crippen molar-refractivity contribution in [3.63, 3.8) is 0 Å². The average molecular weight is 645 g/mol. The lowest BCUT2D eigenvalue weighted by atomic mass is 10.1. The number of benzene rings is 3. The predicted molar refractivity (Wildman–Crippen MR) is 162 cm³/mol. The van der Waals surface area contributed by atoms with Crippen molar-refractivity contribution in [2.75, 3.05) is 10.8 Å². The molecule has 1 N–H and O–H groups in total. The smallest absolute Gasteiger partial charge is 0.264 e. The number of nitrogens with one attached hydrogen (secondary N) is 1. The van der Waals surface area contributed by atoms with Crippen LogP contribution in [0.5, 0.6) is 0 Å². The van der Waals surface area contributed by atoms with E-state index in [1.807, 2.05) is 13.8 Å². The van der Waals surface area contributed by atoms with Crippen molar-refractivity contribution < 1.29 is 18.0 Å². The first kappa shape index (κ1) is 32.0. The largest absolute Gasteiger partial charge is 0.352 e. The van der Waals surface area contributed by atoms with Gasteiger partial charge in [-0.05, 0) is 68.3 Å². The molecule has 0 aromatic heterocycles. The fourth-order valence-electron chi connectivity index (χ4n) is 3.79. The van der Waals surface area contributed by atoms with E-state index in [1.54, 1.807) is 43.3 Å². The van der Waals surface area contributed by atoms with E-state index in [2.05, 4.69) is 5.32 Å². The van der Waals surface area contributed by atoms with Crippen LogP contribution in [0.1, 0.15) is 32.8 Å². The number of hydrogen-bond acceptors (Lipinski definition) is 4. The summed E-state index contributed by atoms with van der Waals surface area (Å²) < 4.78 is 28.6. The van der Waals surface area contributed by atoms with Crippen LogP contribution < -0.4 is 9.62 Å². The lowest BCUT2D eigenvalue weighted by molar-refractivity contribution is -0.139. The lowest BCUT2D eigenvalue weighted by Gasteiger charge is -2.32. The van der Waals surface area contributed by atoms with Crippen molar-refractivity contribution >= 4 is 73.9 Å². The highest BCUT2D eigenvalue weighted by Gasteiger charge is 2.33. The Balaban J connectivity index is 2.07. The van der Waals surface area contributed by atoms with Gasteiger partial charge in [0.2, 0.25) is 11.8 Å². The van der Waals surface area contributed by atoms with Crippen LogP contribution >= 0.6 is 46.4 Å². The van der Waals surface area contributed by atoms with Crippen LogP contribution in [0.15, 0.2) is 71.6 Å². The van der Waals surface area contributed by atoms with E-state index in [9.17, 15) is 18.0 Å². The Labute approximate surface area is 255 Å². The Bertz CT molecular complexity index is 1470. The van der Waals surface area contributed by atoms with E-state index in [0.717, 1.165) is 4.31 Å². The maximum absolute atomic E-state index is 14.0. The number of carbonyl (C=O) groups excluding carboxylic acids is 2. The molecule has 214 valence electrons. The van der Waals surface area contributed by atoms with Crippen molar-refractivity contribution in [3.05, 3.63) is 92.4 Å². The first-order chi connectivity index (χ1) is 18.8. The molecule has 40 heavy (non-hydrogen) atoms. The summed E-state index contributed by atoms with van der Waals surface area (Å²) in [6.07, 6.45) is 0.690. The molecule has 0 aliphatic rings. The van der Waals surface area contributed by atoms with Gasteiger partial charge in [0.25, 0.3) is 10.0 Å². The van der Waals surface area contributed by atoms with Gasteiger partial charge in [0.05, 0.1) is 25.7 Å². The molecule has 0 radical (unpaired) electrons. The molecule has 2 atom stereocenters. The van der Waals surface area contributed by atoms with Gasteiger partial charge >= 0.3 is 0 Å². The number of amides is 2. The second-order valence-electron chi connectivity index (χ2n) is 9.18. The maximum Gasteiger partial charge on any atom is 0.264 e. The molecule has 0 bridgehead atoms. The summed E-state index contributed by atoms with van der Waals surface area (Å²) in [6.45, 7) is 4.67. The Morgan fingerprint density at radius 3 is 2.15 bits per heavy atom. The number of anilines is 1. The molecule has 0 saturated heterocycles. The lowest BCUT2D eigenvalue weighted by Crippen LogP contribution is -2.52. The minimum Gasteiger partial charge on any atom is -0.352 e. The Kier molecular flexibility index (Phi) is 11.1. The quantitative estimate of drug-likeness (QED) is 0.248. The number of hydrogen-bond donors (Lipinski definition) is 1. The van der Waals surface area contributed by atoms with Crippen molar-refractivity contribution in [2.45, 2.75) is 50.7 Å². The fourth-order valence-corrected chi connectivity index (χ4v) is 6.00. The van der Waals surface area contributed by atoms with Gasteiger partial charge in [0.15, 0.2) is 0 Å². The van der Waals surface area contributed by atoms with E-state index in [-0.39, 0.29) is 44.1 Å². The molecule has 0 fully saturated rings. The number of halogens is 4. The molecule has 0 aliphatic carbocycles. The highest BCUT2D eigenvalue weighted by Crippen LogP contribution is 2.33. The topological polar surface area (TPSA) is 86.8 Å². The molecule has 3 rings (SSSR count). The minimum atomic E-state index is -4.27.